The van der Waals surface area contributed by atoms with E-state index in [0.29, 0.717) is 6.54 Å². The summed E-state index contributed by atoms with van der Waals surface area (Å²) in [5.41, 5.74) is 7.23. The summed E-state index contributed by atoms with van der Waals surface area (Å²) >= 11 is 1.66. The van der Waals surface area contributed by atoms with E-state index in [0.717, 1.165) is 39.1 Å². The fourth-order valence-electron chi connectivity index (χ4n) is 3.08. The Kier molecular flexibility index (Phi) is 3.61. The van der Waals surface area contributed by atoms with Crippen molar-refractivity contribution in [2.24, 2.45) is 0 Å². The van der Waals surface area contributed by atoms with Crippen molar-refractivity contribution in [2.75, 3.05) is 5.32 Å². The standard InChI is InChI=1S/C20H15N5S/c1-2-13(10-21-6-1)11-23-19-9-16(15-5-7-22-20(15)25-19)14-3-4-17-18(8-14)26-12-24-17/h1-10,12H,11H2,(H2,22,23,25). The third-order valence-corrected chi connectivity index (χ3v) is 5.16. The van der Waals surface area contributed by atoms with E-state index in [2.05, 4.69) is 50.6 Å². The first kappa shape index (κ1) is 15.0. The number of rotatable bonds is 4. The minimum absolute atomic E-state index is 0.681. The number of anilines is 1. The average Bonchev–Trinajstić information content (AvgIpc) is 3.35. The third kappa shape index (κ3) is 2.70. The number of nitrogens with one attached hydrogen (secondary N) is 2. The van der Waals surface area contributed by atoms with Crippen molar-refractivity contribution in [3.05, 3.63) is 72.1 Å². The molecule has 5 rings (SSSR count). The normalized spacial score (nSPS) is 11.2. The maximum absolute atomic E-state index is 4.69. The molecule has 0 saturated heterocycles. The summed E-state index contributed by atoms with van der Waals surface area (Å²) in [6.07, 6.45) is 5.57. The van der Waals surface area contributed by atoms with Crippen LogP contribution in [0, 0.1) is 0 Å². The van der Waals surface area contributed by atoms with E-state index in [1.165, 1.54) is 4.70 Å². The number of hydrogen-bond donors (Lipinski definition) is 2. The quantitative estimate of drug-likeness (QED) is 0.483. The molecule has 0 radical (unpaired) electrons. The molecule has 0 amide bonds. The Hall–Kier alpha value is -3.25. The molecule has 0 fully saturated rings. The minimum atomic E-state index is 0.681. The molecule has 0 aliphatic rings. The topological polar surface area (TPSA) is 66.5 Å². The van der Waals surface area contributed by atoms with E-state index in [-0.39, 0.29) is 0 Å². The Labute approximate surface area is 153 Å². The second-order valence-corrected chi connectivity index (χ2v) is 6.93. The molecule has 126 valence electrons. The molecule has 0 aliphatic heterocycles. The first-order valence-corrected chi connectivity index (χ1v) is 9.19. The van der Waals surface area contributed by atoms with Gasteiger partial charge >= 0.3 is 0 Å². The molecule has 0 aliphatic carbocycles. The zero-order valence-corrected chi connectivity index (χ0v) is 14.6. The molecule has 0 saturated carbocycles. The Morgan fingerprint density at radius 2 is 2.12 bits per heavy atom. The van der Waals surface area contributed by atoms with Crippen LogP contribution in [0.5, 0.6) is 0 Å². The molecule has 6 heteroatoms. The number of benzene rings is 1. The number of aromatic nitrogens is 4. The van der Waals surface area contributed by atoms with E-state index in [4.69, 9.17) is 4.98 Å². The van der Waals surface area contributed by atoms with Gasteiger partial charge in [-0.3, -0.25) is 4.98 Å². The molecule has 5 nitrogen and oxygen atoms in total. The number of thiazole rings is 1. The number of H-pyrrole nitrogens is 1. The van der Waals surface area contributed by atoms with Gasteiger partial charge < -0.3 is 10.3 Å². The number of hydrogen-bond acceptors (Lipinski definition) is 5. The van der Waals surface area contributed by atoms with Crippen LogP contribution in [0.3, 0.4) is 0 Å². The van der Waals surface area contributed by atoms with Gasteiger partial charge in [0, 0.05) is 30.5 Å². The number of pyridine rings is 2. The number of nitrogens with zero attached hydrogens (tertiary/aromatic N) is 3. The van der Waals surface area contributed by atoms with Crippen LogP contribution in [0.4, 0.5) is 5.82 Å². The zero-order chi connectivity index (χ0) is 17.3. The van der Waals surface area contributed by atoms with Crippen LogP contribution < -0.4 is 5.32 Å². The number of fused-ring (bicyclic) bond motifs is 2. The van der Waals surface area contributed by atoms with Crippen LogP contribution in [0.1, 0.15) is 5.56 Å². The van der Waals surface area contributed by atoms with Crippen molar-refractivity contribution in [2.45, 2.75) is 6.54 Å². The van der Waals surface area contributed by atoms with Crippen molar-refractivity contribution < 1.29 is 0 Å². The van der Waals surface area contributed by atoms with Crippen molar-refractivity contribution in [3.63, 3.8) is 0 Å². The largest absolute Gasteiger partial charge is 0.366 e. The van der Waals surface area contributed by atoms with Crippen molar-refractivity contribution >= 4 is 38.4 Å². The minimum Gasteiger partial charge on any atom is -0.366 e. The summed E-state index contributed by atoms with van der Waals surface area (Å²) in [4.78, 5) is 16.4. The Balaban J connectivity index is 1.56. The van der Waals surface area contributed by atoms with E-state index in [1.54, 1.807) is 17.5 Å². The van der Waals surface area contributed by atoms with E-state index in [9.17, 15) is 0 Å². The van der Waals surface area contributed by atoms with Crippen LogP contribution in [0.15, 0.2) is 66.6 Å². The second-order valence-electron chi connectivity index (χ2n) is 6.04. The van der Waals surface area contributed by atoms with E-state index >= 15 is 0 Å². The Morgan fingerprint density at radius 3 is 3.04 bits per heavy atom. The molecule has 0 spiro atoms. The lowest BCUT2D eigenvalue weighted by Gasteiger charge is -2.10. The third-order valence-electron chi connectivity index (χ3n) is 4.37. The summed E-state index contributed by atoms with van der Waals surface area (Å²) in [7, 11) is 0. The van der Waals surface area contributed by atoms with Gasteiger partial charge in [0.15, 0.2) is 0 Å². The highest BCUT2D eigenvalue weighted by Crippen LogP contribution is 2.32. The van der Waals surface area contributed by atoms with Gasteiger partial charge in [0.25, 0.3) is 0 Å². The van der Waals surface area contributed by atoms with Gasteiger partial charge in [0.1, 0.15) is 11.5 Å². The lowest BCUT2D eigenvalue weighted by molar-refractivity contribution is 1.09. The van der Waals surface area contributed by atoms with Gasteiger partial charge in [-0.05, 0) is 47.0 Å². The Morgan fingerprint density at radius 1 is 1.12 bits per heavy atom. The molecular formula is C20H15N5S. The molecular weight excluding hydrogens is 342 g/mol. The molecule has 0 atom stereocenters. The van der Waals surface area contributed by atoms with Gasteiger partial charge in [-0.15, -0.1) is 11.3 Å². The van der Waals surface area contributed by atoms with Crippen LogP contribution >= 0.6 is 11.3 Å². The Bertz CT molecular complexity index is 1190. The smallest absolute Gasteiger partial charge is 0.140 e. The molecule has 1 aromatic carbocycles. The van der Waals surface area contributed by atoms with Gasteiger partial charge in [-0.1, -0.05) is 12.1 Å². The second kappa shape index (κ2) is 6.24. The molecule has 5 aromatic rings. The highest BCUT2D eigenvalue weighted by molar-refractivity contribution is 7.16. The highest BCUT2D eigenvalue weighted by Gasteiger charge is 2.10. The SMILES string of the molecule is c1cncc(CNc2cc(-c3ccc4ncsc4c3)c3cc[nH]c3n2)c1. The van der Waals surface area contributed by atoms with Crippen molar-refractivity contribution in [1.29, 1.82) is 0 Å². The molecule has 2 N–H and O–H groups in total. The molecule has 0 unspecified atom stereocenters. The molecule has 4 heterocycles. The summed E-state index contributed by atoms with van der Waals surface area (Å²) in [5, 5.41) is 4.52. The van der Waals surface area contributed by atoms with Gasteiger partial charge in [0.05, 0.1) is 15.7 Å². The zero-order valence-electron chi connectivity index (χ0n) is 13.8. The highest BCUT2D eigenvalue weighted by atomic mass is 32.1. The van der Waals surface area contributed by atoms with Crippen molar-refractivity contribution in [3.8, 4) is 11.1 Å². The predicted octanol–water partition coefficient (Wildman–Crippen LogP) is 4.85. The van der Waals surface area contributed by atoms with E-state index < -0.39 is 0 Å². The summed E-state index contributed by atoms with van der Waals surface area (Å²) in [6, 6.07) is 14.5. The molecule has 26 heavy (non-hydrogen) atoms. The summed E-state index contributed by atoms with van der Waals surface area (Å²) < 4.78 is 1.19. The maximum atomic E-state index is 4.69. The van der Waals surface area contributed by atoms with Crippen LogP contribution in [-0.2, 0) is 6.54 Å². The molecule has 0 bridgehead atoms. The number of aromatic amines is 1. The van der Waals surface area contributed by atoms with Crippen LogP contribution in [-0.4, -0.2) is 19.9 Å². The van der Waals surface area contributed by atoms with Crippen LogP contribution in [0.25, 0.3) is 32.4 Å². The average molecular weight is 357 g/mol. The fourth-order valence-corrected chi connectivity index (χ4v) is 3.80. The monoisotopic (exact) mass is 357 g/mol. The van der Waals surface area contributed by atoms with Gasteiger partial charge in [0.2, 0.25) is 0 Å². The van der Waals surface area contributed by atoms with E-state index in [1.807, 2.05) is 30.0 Å². The lowest BCUT2D eigenvalue weighted by Crippen LogP contribution is -2.02. The predicted molar refractivity (Wildman–Crippen MR) is 106 cm³/mol. The first-order valence-electron chi connectivity index (χ1n) is 8.31. The first-order chi connectivity index (χ1) is 12.9. The lowest BCUT2D eigenvalue weighted by atomic mass is 10.0. The summed E-state index contributed by atoms with van der Waals surface area (Å²) in [5.74, 6) is 0.836. The maximum Gasteiger partial charge on any atom is 0.140 e. The fraction of sp³-hybridized carbons (Fsp3) is 0.0500. The van der Waals surface area contributed by atoms with Gasteiger partial charge in [-0.25, -0.2) is 9.97 Å². The molecule has 4 aromatic heterocycles. The summed E-state index contributed by atoms with van der Waals surface area (Å²) in [6.45, 7) is 0.681. The van der Waals surface area contributed by atoms with Gasteiger partial charge in [-0.2, -0.15) is 0 Å². The van der Waals surface area contributed by atoms with Crippen molar-refractivity contribution in [1.82, 2.24) is 19.9 Å². The van der Waals surface area contributed by atoms with Crippen LogP contribution in [0.2, 0.25) is 0 Å².